The van der Waals surface area contributed by atoms with Crippen LogP contribution in [0.25, 0.3) is 66.9 Å². The largest absolute Gasteiger partial charge is 0.455 e. The molecule has 0 aliphatic heterocycles. The van der Waals surface area contributed by atoms with Crippen LogP contribution < -0.4 is 0 Å². The molecular weight excluding hydrogens is 502 g/mol. The number of rotatable bonds is 4. The number of aromatic nitrogens is 3. The molecule has 1 unspecified atom stereocenters. The maximum Gasteiger partial charge on any atom is 0.164 e. The Morgan fingerprint density at radius 3 is 1.83 bits per heavy atom. The first-order valence-corrected chi connectivity index (χ1v) is 13.9. The molecule has 2 aromatic heterocycles. The molecule has 2 heterocycles. The summed E-state index contributed by atoms with van der Waals surface area (Å²) in [4.78, 5) is 15.0. The molecule has 4 nitrogen and oxygen atoms in total. The van der Waals surface area contributed by atoms with E-state index >= 15 is 0 Å². The topological polar surface area (TPSA) is 51.8 Å². The van der Waals surface area contributed by atoms with Gasteiger partial charge in [0.1, 0.15) is 11.2 Å². The van der Waals surface area contributed by atoms with Gasteiger partial charge in [-0.05, 0) is 17.9 Å². The molecule has 1 aliphatic carbocycles. The normalized spacial score (nSPS) is 14.8. The van der Waals surface area contributed by atoms with Gasteiger partial charge in [-0.2, -0.15) is 0 Å². The summed E-state index contributed by atoms with van der Waals surface area (Å²) in [6.07, 6.45) is 9.67. The highest BCUT2D eigenvalue weighted by Crippen LogP contribution is 2.42. The van der Waals surface area contributed by atoms with Crippen molar-refractivity contribution in [2.45, 2.75) is 12.3 Å². The molecule has 0 fully saturated rings. The summed E-state index contributed by atoms with van der Waals surface area (Å²) in [5.74, 6) is 2.23. The maximum atomic E-state index is 6.72. The van der Waals surface area contributed by atoms with E-state index in [-0.39, 0.29) is 0 Å². The quantitative estimate of drug-likeness (QED) is 0.229. The highest BCUT2D eigenvalue weighted by Gasteiger charge is 2.21. The minimum absolute atomic E-state index is 0.292. The van der Waals surface area contributed by atoms with E-state index in [4.69, 9.17) is 19.4 Å². The van der Waals surface area contributed by atoms with Gasteiger partial charge in [-0.1, -0.05) is 127 Å². The third kappa shape index (κ3) is 4.04. The molecule has 5 aromatic carbocycles. The molecule has 0 N–H and O–H groups in total. The Morgan fingerprint density at radius 1 is 0.537 bits per heavy atom. The van der Waals surface area contributed by atoms with E-state index in [9.17, 15) is 0 Å². The first kappa shape index (κ1) is 23.5. The fourth-order valence-corrected chi connectivity index (χ4v) is 5.86. The summed E-state index contributed by atoms with van der Waals surface area (Å²) in [6, 6.07) is 37.2. The van der Waals surface area contributed by atoms with Crippen molar-refractivity contribution in [3.63, 3.8) is 0 Å². The van der Waals surface area contributed by atoms with Crippen molar-refractivity contribution >= 4 is 32.7 Å². The van der Waals surface area contributed by atoms with Gasteiger partial charge in [0.25, 0.3) is 0 Å². The van der Waals surface area contributed by atoms with E-state index in [1.54, 1.807) is 0 Å². The third-order valence-electron chi connectivity index (χ3n) is 7.86. The van der Waals surface area contributed by atoms with Gasteiger partial charge in [0, 0.05) is 44.3 Å². The Balaban J connectivity index is 1.41. The van der Waals surface area contributed by atoms with Gasteiger partial charge >= 0.3 is 0 Å². The monoisotopic (exact) mass is 527 g/mol. The molecule has 41 heavy (non-hydrogen) atoms. The first-order chi connectivity index (χ1) is 20.3. The maximum absolute atomic E-state index is 6.72. The molecule has 0 bridgehead atoms. The minimum Gasteiger partial charge on any atom is -0.455 e. The number of hydrogen-bond donors (Lipinski definition) is 0. The Hall–Kier alpha value is -5.35. The number of allylic oxidation sites excluding steroid dienone is 4. The summed E-state index contributed by atoms with van der Waals surface area (Å²) in [6.45, 7) is 0. The molecule has 0 spiro atoms. The lowest BCUT2D eigenvalue weighted by molar-refractivity contribution is 0.660. The van der Waals surface area contributed by atoms with Crippen LogP contribution in [0.2, 0.25) is 0 Å². The Kier molecular flexibility index (Phi) is 5.56. The molecular formula is C37H25N3O. The molecule has 4 heteroatoms. The molecule has 1 aliphatic rings. The van der Waals surface area contributed by atoms with E-state index in [0.717, 1.165) is 55.8 Å². The van der Waals surface area contributed by atoms with Crippen LogP contribution in [0.3, 0.4) is 0 Å². The fourth-order valence-electron chi connectivity index (χ4n) is 5.86. The number of para-hydroxylation sites is 1. The zero-order chi connectivity index (χ0) is 27.2. The number of hydrogen-bond acceptors (Lipinski definition) is 4. The van der Waals surface area contributed by atoms with Crippen molar-refractivity contribution in [1.82, 2.24) is 15.0 Å². The standard InChI is InChI=1S/C37H25N3O/c1-4-13-24(14-5-1)27-21-12-22-30-31-23-32(28-19-10-11-20-29(28)34(31)41-33(27)30)37-39-35(25-15-6-2-7-16-25)38-36(40-37)26-17-8-3-9-18-26/h1-13,15-24H,14H2. The molecule has 0 saturated heterocycles. The van der Waals surface area contributed by atoms with Gasteiger partial charge in [-0.3, -0.25) is 0 Å². The van der Waals surface area contributed by atoms with Crippen LogP contribution in [0, 0.1) is 0 Å². The van der Waals surface area contributed by atoms with Crippen molar-refractivity contribution in [3.05, 3.63) is 139 Å². The van der Waals surface area contributed by atoms with Crippen molar-refractivity contribution in [3.8, 4) is 34.2 Å². The molecule has 7 aromatic rings. The first-order valence-electron chi connectivity index (χ1n) is 13.9. The second kappa shape index (κ2) is 9.68. The van der Waals surface area contributed by atoms with E-state index in [1.165, 1.54) is 5.56 Å². The lowest BCUT2D eigenvalue weighted by Gasteiger charge is -2.13. The molecule has 0 saturated carbocycles. The van der Waals surface area contributed by atoms with Crippen molar-refractivity contribution < 1.29 is 4.42 Å². The van der Waals surface area contributed by atoms with Crippen LogP contribution in [0.5, 0.6) is 0 Å². The lowest BCUT2D eigenvalue weighted by atomic mass is 9.91. The van der Waals surface area contributed by atoms with E-state index < -0.39 is 0 Å². The molecule has 194 valence electrons. The van der Waals surface area contributed by atoms with Crippen LogP contribution >= 0.6 is 0 Å². The average molecular weight is 528 g/mol. The second-order valence-electron chi connectivity index (χ2n) is 10.4. The van der Waals surface area contributed by atoms with Crippen LogP contribution in [-0.2, 0) is 0 Å². The summed E-state index contributed by atoms with van der Waals surface area (Å²) in [5.41, 5.74) is 5.91. The van der Waals surface area contributed by atoms with E-state index in [1.807, 2.05) is 60.7 Å². The van der Waals surface area contributed by atoms with Crippen LogP contribution in [0.15, 0.2) is 138 Å². The fraction of sp³-hybridized carbons (Fsp3) is 0.0541. The van der Waals surface area contributed by atoms with Crippen molar-refractivity contribution in [2.75, 3.05) is 0 Å². The van der Waals surface area contributed by atoms with Crippen molar-refractivity contribution in [1.29, 1.82) is 0 Å². The van der Waals surface area contributed by atoms with Gasteiger partial charge in [0.05, 0.1) is 0 Å². The lowest BCUT2D eigenvalue weighted by Crippen LogP contribution is -2.00. The molecule has 0 amide bonds. The predicted molar refractivity (Wildman–Crippen MR) is 167 cm³/mol. The SMILES string of the molecule is C1=CCC(c2cccc3c2oc2c4ccccc4c(-c4nc(-c5ccccc5)nc(-c5ccccc5)n4)cc32)C=C1. The summed E-state index contributed by atoms with van der Waals surface area (Å²) in [7, 11) is 0. The molecule has 1 atom stereocenters. The summed E-state index contributed by atoms with van der Waals surface area (Å²) >= 11 is 0. The number of nitrogens with zero attached hydrogens (tertiary/aromatic N) is 3. The van der Waals surface area contributed by atoms with Crippen LogP contribution in [-0.4, -0.2) is 15.0 Å². The number of fused-ring (bicyclic) bond motifs is 5. The highest BCUT2D eigenvalue weighted by molar-refractivity contribution is 6.19. The van der Waals surface area contributed by atoms with Gasteiger partial charge in [0.15, 0.2) is 17.5 Å². The van der Waals surface area contributed by atoms with E-state index in [0.29, 0.717) is 23.4 Å². The Bertz CT molecular complexity index is 2070. The minimum atomic E-state index is 0.292. The summed E-state index contributed by atoms with van der Waals surface area (Å²) < 4.78 is 6.72. The zero-order valence-electron chi connectivity index (χ0n) is 22.2. The third-order valence-corrected chi connectivity index (χ3v) is 7.86. The Labute approximate surface area is 237 Å². The number of furan rings is 1. The van der Waals surface area contributed by atoms with Crippen LogP contribution in [0.4, 0.5) is 0 Å². The predicted octanol–water partition coefficient (Wildman–Crippen LogP) is 9.52. The number of benzene rings is 5. The molecule has 0 radical (unpaired) electrons. The average Bonchev–Trinajstić information content (AvgIpc) is 3.44. The smallest absolute Gasteiger partial charge is 0.164 e. The van der Waals surface area contributed by atoms with Gasteiger partial charge in [-0.15, -0.1) is 0 Å². The van der Waals surface area contributed by atoms with E-state index in [2.05, 4.69) is 72.8 Å². The van der Waals surface area contributed by atoms with Crippen molar-refractivity contribution in [2.24, 2.45) is 0 Å². The zero-order valence-corrected chi connectivity index (χ0v) is 22.2. The highest BCUT2D eigenvalue weighted by atomic mass is 16.3. The van der Waals surface area contributed by atoms with Gasteiger partial charge < -0.3 is 4.42 Å². The van der Waals surface area contributed by atoms with Gasteiger partial charge in [0.2, 0.25) is 0 Å². The Morgan fingerprint density at radius 2 is 1.15 bits per heavy atom. The molecule has 8 rings (SSSR count). The van der Waals surface area contributed by atoms with Gasteiger partial charge in [-0.25, -0.2) is 15.0 Å². The second-order valence-corrected chi connectivity index (χ2v) is 10.4. The summed E-state index contributed by atoms with van der Waals surface area (Å²) in [5, 5.41) is 4.26. The van der Waals surface area contributed by atoms with Crippen LogP contribution in [0.1, 0.15) is 17.9 Å².